The Hall–Kier alpha value is -1.06. The number of benzene rings is 1. The lowest BCUT2D eigenvalue weighted by atomic mass is 9.88. The third-order valence-corrected chi connectivity index (χ3v) is 4.03. The van der Waals surface area contributed by atoms with Gasteiger partial charge in [0.25, 0.3) is 0 Å². The van der Waals surface area contributed by atoms with Crippen molar-refractivity contribution in [3.05, 3.63) is 29.8 Å². The number of aliphatic hydroxyl groups is 1. The van der Waals surface area contributed by atoms with Crippen LogP contribution in [0.15, 0.2) is 24.3 Å². The highest BCUT2D eigenvalue weighted by molar-refractivity contribution is 5.26. The minimum Gasteiger partial charge on any atom is -0.494 e. The summed E-state index contributed by atoms with van der Waals surface area (Å²) in [5.74, 6) is 1.18. The molecular formula is C15H23NO2. The summed E-state index contributed by atoms with van der Waals surface area (Å²) < 4.78 is 5.71. The topological polar surface area (TPSA) is 55.5 Å². The second kappa shape index (κ2) is 5.72. The molecule has 1 aromatic carbocycles. The molecule has 100 valence electrons. The third-order valence-electron chi connectivity index (χ3n) is 4.03. The summed E-state index contributed by atoms with van der Waals surface area (Å²) in [6, 6.07) is 8.06. The molecule has 0 spiro atoms. The summed E-state index contributed by atoms with van der Waals surface area (Å²) in [7, 11) is 0. The molecule has 1 aliphatic carbocycles. The van der Waals surface area contributed by atoms with Crippen LogP contribution in [0.3, 0.4) is 0 Å². The van der Waals surface area contributed by atoms with E-state index in [1.807, 2.05) is 24.3 Å². The van der Waals surface area contributed by atoms with Gasteiger partial charge in [0, 0.05) is 6.54 Å². The molecule has 0 bridgehead atoms. The molecule has 0 amide bonds. The molecule has 3 N–H and O–H groups in total. The average molecular weight is 249 g/mol. The molecule has 0 aromatic heterocycles. The van der Waals surface area contributed by atoms with Crippen molar-refractivity contribution in [1.82, 2.24) is 0 Å². The van der Waals surface area contributed by atoms with Gasteiger partial charge in [0.05, 0.1) is 12.2 Å². The largest absolute Gasteiger partial charge is 0.494 e. The molecule has 2 rings (SSSR count). The molecule has 18 heavy (non-hydrogen) atoms. The fraction of sp³-hybridized carbons (Fsp3) is 0.600. The number of ether oxygens (including phenoxy) is 1. The maximum Gasteiger partial charge on any atom is 0.119 e. The molecule has 3 nitrogen and oxygen atoms in total. The molecule has 3 heteroatoms. The van der Waals surface area contributed by atoms with Gasteiger partial charge in [-0.05, 0) is 44.2 Å². The second-order valence-electron chi connectivity index (χ2n) is 5.35. The first-order chi connectivity index (χ1) is 8.64. The van der Waals surface area contributed by atoms with Crippen LogP contribution in [-0.2, 0) is 0 Å². The van der Waals surface area contributed by atoms with Crippen LogP contribution in [-0.4, -0.2) is 23.9 Å². The van der Waals surface area contributed by atoms with Crippen molar-refractivity contribution in [3.63, 3.8) is 0 Å². The number of hydrogen-bond acceptors (Lipinski definition) is 3. The van der Waals surface area contributed by atoms with E-state index in [2.05, 4.69) is 6.92 Å². The normalized spacial score (nSPS) is 27.4. The summed E-state index contributed by atoms with van der Waals surface area (Å²) in [4.78, 5) is 0. The Morgan fingerprint density at radius 3 is 2.78 bits per heavy atom. The third kappa shape index (κ3) is 3.03. The summed E-state index contributed by atoms with van der Waals surface area (Å²) in [5, 5.41) is 10.3. The number of aryl methyl sites for hydroxylation is 1. The van der Waals surface area contributed by atoms with E-state index in [0.717, 1.165) is 31.4 Å². The zero-order valence-electron chi connectivity index (χ0n) is 11.1. The van der Waals surface area contributed by atoms with E-state index in [9.17, 15) is 5.11 Å². The van der Waals surface area contributed by atoms with Crippen molar-refractivity contribution in [2.75, 3.05) is 13.2 Å². The van der Waals surface area contributed by atoms with Gasteiger partial charge in [0.1, 0.15) is 5.75 Å². The van der Waals surface area contributed by atoms with Crippen LogP contribution >= 0.6 is 0 Å². The molecule has 1 aliphatic rings. The van der Waals surface area contributed by atoms with Gasteiger partial charge in [-0.3, -0.25) is 0 Å². The Morgan fingerprint density at radius 1 is 1.39 bits per heavy atom. The number of hydrogen-bond donors (Lipinski definition) is 2. The molecule has 1 aromatic rings. The van der Waals surface area contributed by atoms with E-state index in [1.165, 1.54) is 5.56 Å². The summed E-state index contributed by atoms with van der Waals surface area (Å²) in [6.07, 6.45) is 3.84. The summed E-state index contributed by atoms with van der Waals surface area (Å²) in [6.45, 7) is 3.07. The van der Waals surface area contributed by atoms with Gasteiger partial charge < -0.3 is 15.6 Å². The molecule has 1 fully saturated rings. The van der Waals surface area contributed by atoms with Crippen molar-refractivity contribution in [2.45, 2.75) is 38.2 Å². The Bertz CT molecular complexity index is 377. The van der Waals surface area contributed by atoms with Gasteiger partial charge in [-0.25, -0.2) is 0 Å². The van der Waals surface area contributed by atoms with Gasteiger partial charge >= 0.3 is 0 Å². The van der Waals surface area contributed by atoms with Crippen molar-refractivity contribution in [1.29, 1.82) is 0 Å². The van der Waals surface area contributed by atoms with E-state index in [4.69, 9.17) is 10.5 Å². The number of nitrogens with two attached hydrogens (primary N) is 1. The molecule has 1 saturated carbocycles. The van der Waals surface area contributed by atoms with E-state index in [1.54, 1.807) is 0 Å². The monoisotopic (exact) mass is 249 g/mol. The van der Waals surface area contributed by atoms with Crippen LogP contribution in [0.2, 0.25) is 0 Å². The van der Waals surface area contributed by atoms with E-state index in [0.29, 0.717) is 13.2 Å². The standard InChI is InChI=1S/C15H23NO2/c1-12-4-6-14(7-5-12)18-10-8-13-3-2-9-15(13,17)11-16/h4-7,13,17H,2-3,8-11,16H2,1H3. The first-order valence-electron chi connectivity index (χ1n) is 6.76. The van der Waals surface area contributed by atoms with Crippen LogP contribution in [0.1, 0.15) is 31.2 Å². The second-order valence-corrected chi connectivity index (χ2v) is 5.35. The molecule has 0 aliphatic heterocycles. The molecule has 0 radical (unpaired) electrons. The van der Waals surface area contributed by atoms with Gasteiger partial charge in [-0.1, -0.05) is 24.1 Å². The van der Waals surface area contributed by atoms with Gasteiger partial charge in [0.2, 0.25) is 0 Å². The minimum absolute atomic E-state index is 0.285. The predicted molar refractivity (Wildman–Crippen MR) is 72.6 cm³/mol. The Kier molecular flexibility index (Phi) is 4.25. The van der Waals surface area contributed by atoms with Gasteiger partial charge in [0.15, 0.2) is 0 Å². The van der Waals surface area contributed by atoms with E-state index < -0.39 is 5.60 Å². The Morgan fingerprint density at radius 2 is 2.11 bits per heavy atom. The highest BCUT2D eigenvalue weighted by atomic mass is 16.5. The molecular weight excluding hydrogens is 226 g/mol. The molecule has 2 atom stereocenters. The highest BCUT2D eigenvalue weighted by Crippen LogP contribution is 2.37. The average Bonchev–Trinajstić information content (AvgIpc) is 2.74. The fourth-order valence-electron chi connectivity index (χ4n) is 2.76. The highest BCUT2D eigenvalue weighted by Gasteiger charge is 2.39. The van der Waals surface area contributed by atoms with Crippen LogP contribution in [0, 0.1) is 12.8 Å². The van der Waals surface area contributed by atoms with Crippen molar-refractivity contribution >= 4 is 0 Å². The Balaban J connectivity index is 1.80. The number of rotatable bonds is 5. The van der Waals surface area contributed by atoms with Crippen molar-refractivity contribution < 1.29 is 9.84 Å². The van der Waals surface area contributed by atoms with Crippen molar-refractivity contribution in [3.8, 4) is 5.75 Å². The van der Waals surface area contributed by atoms with E-state index in [-0.39, 0.29) is 5.92 Å². The lowest BCUT2D eigenvalue weighted by Gasteiger charge is -2.28. The van der Waals surface area contributed by atoms with Crippen LogP contribution in [0.25, 0.3) is 0 Å². The lowest BCUT2D eigenvalue weighted by molar-refractivity contribution is 0.00355. The van der Waals surface area contributed by atoms with Crippen LogP contribution < -0.4 is 10.5 Å². The maximum atomic E-state index is 10.3. The molecule has 0 heterocycles. The summed E-state index contributed by atoms with van der Waals surface area (Å²) in [5.41, 5.74) is 6.24. The van der Waals surface area contributed by atoms with Gasteiger partial charge in [-0.2, -0.15) is 0 Å². The zero-order valence-corrected chi connectivity index (χ0v) is 11.1. The van der Waals surface area contributed by atoms with Crippen LogP contribution in [0.4, 0.5) is 0 Å². The molecule has 2 unspecified atom stereocenters. The summed E-state index contributed by atoms with van der Waals surface area (Å²) >= 11 is 0. The maximum absolute atomic E-state index is 10.3. The van der Waals surface area contributed by atoms with Gasteiger partial charge in [-0.15, -0.1) is 0 Å². The SMILES string of the molecule is Cc1ccc(OCCC2CCCC2(O)CN)cc1. The predicted octanol–water partition coefficient (Wildman–Crippen LogP) is 2.25. The Labute approximate surface area is 109 Å². The minimum atomic E-state index is -0.656. The van der Waals surface area contributed by atoms with Crippen molar-refractivity contribution in [2.24, 2.45) is 11.7 Å². The fourth-order valence-corrected chi connectivity index (χ4v) is 2.76. The zero-order chi connectivity index (χ0) is 13.0. The first kappa shape index (κ1) is 13.4. The smallest absolute Gasteiger partial charge is 0.119 e. The van der Waals surface area contributed by atoms with E-state index >= 15 is 0 Å². The molecule has 0 saturated heterocycles. The first-order valence-corrected chi connectivity index (χ1v) is 6.76. The van der Waals surface area contributed by atoms with Crippen LogP contribution in [0.5, 0.6) is 5.75 Å². The lowest BCUT2D eigenvalue weighted by Crippen LogP contribution is -2.41. The quantitative estimate of drug-likeness (QED) is 0.841.